The smallest absolute Gasteiger partial charge is 0.239 e. The summed E-state index contributed by atoms with van der Waals surface area (Å²) >= 11 is 0. The van der Waals surface area contributed by atoms with Gasteiger partial charge in [0.1, 0.15) is 0 Å². The zero-order valence-corrected chi connectivity index (χ0v) is 13.7. The molecule has 5 nitrogen and oxygen atoms in total. The van der Waals surface area contributed by atoms with Crippen LogP contribution >= 0.6 is 0 Å². The van der Waals surface area contributed by atoms with Crippen molar-refractivity contribution >= 4 is 11.6 Å². The zero-order chi connectivity index (χ0) is 15.9. The summed E-state index contributed by atoms with van der Waals surface area (Å²) in [7, 11) is 1.87. The maximum Gasteiger partial charge on any atom is 0.239 e. The van der Waals surface area contributed by atoms with E-state index in [2.05, 4.69) is 22.0 Å². The van der Waals surface area contributed by atoms with Gasteiger partial charge in [0, 0.05) is 44.8 Å². The summed E-state index contributed by atoms with van der Waals surface area (Å²) in [5.41, 5.74) is 7.06. The number of likely N-dealkylation sites (N-methyl/N-ethyl adjacent to an activating group) is 1. The van der Waals surface area contributed by atoms with Gasteiger partial charge in [0.2, 0.25) is 5.91 Å². The van der Waals surface area contributed by atoms with Gasteiger partial charge >= 0.3 is 0 Å². The van der Waals surface area contributed by atoms with E-state index in [4.69, 9.17) is 5.73 Å². The van der Waals surface area contributed by atoms with Crippen LogP contribution in [0.1, 0.15) is 32.6 Å². The van der Waals surface area contributed by atoms with Gasteiger partial charge in [-0.25, -0.2) is 0 Å². The number of amides is 1. The molecule has 1 atom stereocenters. The quantitative estimate of drug-likeness (QED) is 0.871. The van der Waals surface area contributed by atoms with Crippen LogP contribution in [-0.4, -0.2) is 48.5 Å². The molecule has 2 rings (SSSR count). The van der Waals surface area contributed by atoms with Crippen LogP contribution in [0.5, 0.6) is 0 Å². The fraction of sp³-hybridized carbons (Fsp3) is 0.647. The minimum absolute atomic E-state index is 0.0664. The Morgan fingerprint density at radius 1 is 1.41 bits per heavy atom. The van der Waals surface area contributed by atoms with Crippen LogP contribution in [0.2, 0.25) is 0 Å². The van der Waals surface area contributed by atoms with Gasteiger partial charge in [-0.3, -0.25) is 9.78 Å². The standard InChI is InChI=1S/C17H28N4O/c1-3-16(18)17(22)20(2)11-6-14-7-12-21(13-8-14)15-4-9-19-10-5-15/h4-5,9-10,14,16H,3,6-8,11-13,18H2,1-2H3. The predicted octanol–water partition coefficient (Wildman–Crippen LogP) is 1.88. The summed E-state index contributed by atoms with van der Waals surface area (Å²) < 4.78 is 0. The summed E-state index contributed by atoms with van der Waals surface area (Å²) in [5, 5.41) is 0. The van der Waals surface area contributed by atoms with Crippen LogP contribution in [-0.2, 0) is 4.79 Å². The van der Waals surface area contributed by atoms with E-state index in [1.165, 1.54) is 18.5 Å². The van der Waals surface area contributed by atoms with Crippen molar-refractivity contribution in [1.82, 2.24) is 9.88 Å². The molecule has 1 amide bonds. The topological polar surface area (TPSA) is 62.5 Å². The van der Waals surface area contributed by atoms with Crippen molar-refractivity contribution in [2.24, 2.45) is 11.7 Å². The van der Waals surface area contributed by atoms with Crippen LogP contribution in [0.15, 0.2) is 24.5 Å². The first-order chi connectivity index (χ1) is 10.6. The average Bonchev–Trinajstić information content (AvgIpc) is 2.59. The summed E-state index contributed by atoms with van der Waals surface area (Å²) in [6, 6.07) is 3.79. The van der Waals surface area contributed by atoms with Crippen molar-refractivity contribution in [3.8, 4) is 0 Å². The van der Waals surface area contributed by atoms with Gasteiger partial charge < -0.3 is 15.5 Å². The van der Waals surface area contributed by atoms with Crippen LogP contribution in [0.25, 0.3) is 0 Å². The number of hydrogen-bond acceptors (Lipinski definition) is 4. The molecule has 1 unspecified atom stereocenters. The van der Waals surface area contributed by atoms with Gasteiger partial charge in [-0.1, -0.05) is 6.92 Å². The van der Waals surface area contributed by atoms with Crippen molar-refractivity contribution in [1.29, 1.82) is 0 Å². The van der Waals surface area contributed by atoms with E-state index in [9.17, 15) is 4.79 Å². The number of pyridine rings is 1. The zero-order valence-electron chi connectivity index (χ0n) is 13.7. The van der Waals surface area contributed by atoms with E-state index in [1.807, 2.05) is 26.4 Å². The lowest BCUT2D eigenvalue weighted by Gasteiger charge is -2.34. The van der Waals surface area contributed by atoms with Crippen molar-refractivity contribution in [2.75, 3.05) is 31.6 Å². The first-order valence-corrected chi connectivity index (χ1v) is 8.27. The summed E-state index contributed by atoms with van der Waals surface area (Å²) in [4.78, 5) is 20.2. The second kappa shape index (κ2) is 8.13. The first kappa shape index (κ1) is 16.7. The second-order valence-electron chi connectivity index (χ2n) is 6.20. The Hall–Kier alpha value is -1.62. The van der Waals surface area contributed by atoms with Gasteiger partial charge in [-0.2, -0.15) is 0 Å². The summed E-state index contributed by atoms with van der Waals surface area (Å²) in [6.07, 6.45) is 7.84. The van der Waals surface area contributed by atoms with Gasteiger partial charge in [0.05, 0.1) is 6.04 Å². The lowest BCUT2D eigenvalue weighted by molar-refractivity contribution is -0.131. The third-order valence-electron chi connectivity index (χ3n) is 4.65. The molecule has 1 saturated heterocycles. The summed E-state index contributed by atoms with van der Waals surface area (Å²) in [6.45, 7) is 4.93. The number of hydrogen-bond donors (Lipinski definition) is 1. The molecule has 1 aromatic heterocycles. The molecule has 2 N–H and O–H groups in total. The SMILES string of the molecule is CCC(N)C(=O)N(C)CCC1CCN(c2ccncc2)CC1. The molecule has 0 bridgehead atoms. The maximum absolute atomic E-state index is 12.0. The van der Waals surface area contributed by atoms with Crippen molar-refractivity contribution in [3.05, 3.63) is 24.5 Å². The Bertz CT molecular complexity index is 457. The van der Waals surface area contributed by atoms with E-state index in [1.54, 1.807) is 4.90 Å². The fourth-order valence-electron chi connectivity index (χ4n) is 2.98. The molecule has 1 aliphatic rings. The van der Waals surface area contributed by atoms with E-state index < -0.39 is 0 Å². The highest BCUT2D eigenvalue weighted by Crippen LogP contribution is 2.24. The number of nitrogens with two attached hydrogens (primary N) is 1. The monoisotopic (exact) mass is 304 g/mol. The minimum atomic E-state index is -0.349. The molecule has 0 aliphatic carbocycles. The normalized spacial score (nSPS) is 17.3. The predicted molar refractivity (Wildman–Crippen MR) is 89.7 cm³/mol. The van der Waals surface area contributed by atoms with Gasteiger partial charge in [-0.15, -0.1) is 0 Å². The lowest BCUT2D eigenvalue weighted by Crippen LogP contribution is -2.42. The maximum atomic E-state index is 12.0. The number of rotatable bonds is 6. The number of carbonyl (C=O) groups excluding carboxylic acids is 1. The Morgan fingerprint density at radius 3 is 2.64 bits per heavy atom. The molecule has 2 heterocycles. The molecule has 1 fully saturated rings. The molecule has 5 heteroatoms. The highest BCUT2D eigenvalue weighted by molar-refractivity contribution is 5.81. The number of anilines is 1. The molecule has 0 spiro atoms. The average molecular weight is 304 g/mol. The third-order valence-corrected chi connectivity index (χ3v) is 4.65. The van der Waals surface area contributed by atoms with Crippen molar-refractivity contribution < 1.29 is 4.79 Å². The molecule has 0 saturated carbocycles. The number of aromatic nitrogens is 1. The van der Waals surface area contributed by atoms with Crippen LogP contribution in [0.3, 0.4) is 0 Å². The molecule has 0 aromatic carbocycles. The summed E-state index contributed by atoms with van der Waals surface area (Å²) in [5.74, 6) is 0.767. The van der Waals surface area contributed by atoms with E-state index in [0.717, 1.165) is 26.1 Å². The highest BCUT2D eigenvalue weighted by Gasteiger charge is 2.21. The molecule has 22 heavy (non-hydrogen) atoms. The Balaban J connectivity index is 1.73. The lowest BCUT2D eigenvalue weighted by atomic mass is 9.93. The molecule has 1 aromatic rings. The Morgan fingerprint density at radius 2 is 2.05 bits per heavy atom. The van der Waals surface area contributed by atoms with Crippen LogP contribution < -0.4 is 10.6 Å². The van der Waals surface area contributed by atoms with E-state index in [0.29, 0.717) is 12.3 Å². The van der Waals surface area contributed by atoms with Gasteiger partial charge in [0.15, 0.2) is 0 Å². The first-order valence-electron chi connectivity index (χ1n) is 8.27. The van der Waals surface area contributed by atoms with E-state index in [-0.39, 0.29) is 11.9 Å². The Labute approximate surface area is 133 Å². The third kappa shape index (κ3) is 4.44. The molecular weight excluding hydrogens is 276 g/mol. The van der Waals surface area contributed by atoms with Gasteiger partial charge in [0.25, 0.3) is 0 Å². The molecule has 122 valence electrons. The highest BCUT2D eigenvalue weighted by atomic mass is 16.2. The number of carbonyl (C=O) groups is 1. The molecule has 0 radical (unpaired) electrons. The molecular formula is C17H28N4O. The number of nitrogens with zero attached hydrogens (tertiary/aromatic N) is 3. The largest absolute Gasteiger partial charge is 0.371 e. The van der Waals surface area contributed by atoms with Crippen LogP contribution in [0, 0.1) is 5.92 Å². The van der Waals surface area contributed by atoms with Crippen molar-refractivity contribution in [3.63, 3.8) is 0 Å². The fourth-order valence-corrected chi connectivity index (χ4v) is 2.98. The minimum Gasteiger partial charge on any atom is -0.371 e. The number of piperidine rings is 1. The van der Waals surface area contributed by atoms with Crippen LogP contribution in [0.4, 0.5) is 5.69 Å². The van der Waals surface area contributed by atoms with Gasteiger partial charge in [-0.05, 0) is 43.7 Å². The molecule has 1 aliphatic heterocycles. The Kier molecular flexibility index (Phi) is 6.19. The van der Waals surface area contributed by atoms with E-state index >= 15 is 0 Å². The second-order valence-corrected chi connectivity index (χ2v) is 6.20. The van der Waals surface area contributed by atoms with Crippen molar-refractivity contribution in [2.45, 2.75) is 38.6 Å².